The van der Waals surface area contributed by atoms with Crippen LogP contribution >= 0.6 is 24.2 Å². The molecule has 2 N–H and O–H groups in total. The minimum Gasteiger partial charge on any atom is -0.353 e. The molecule has 154 valence electrons. The van der Waals surface area contributed by atoms with Crippen molar-refractivity contribution < 1.29 is 18.0 Å². The third-order valence-electron chi connectivity index (χ3n) is 4.55. The quantitative estimate of drug-likeness (QED) is 0.686. The summed E-state index contributed by atoms with van der Waals surface area (Å²) in [5.41, 5.74) is 0. The van der Waals surface area contributed by atoms with E-state index in [1.54, 1.807) is 0 Å². The molecule has 9 heteroatoms. The Morgan fingerprint density at radius 2 is 1.82 bits per heavy atom. The van der Waals surface area contributed by atoms with Crippen molar-refractivity contribution in [2.24, 2.45) is 0 Å². The van der Waals surface area contributed by atoms with Gasteiger partial charge in [0.25, 0.3) is 0 Å². The molecule has 1 saturated heterocycles. The average Bonchev–Trinajstić information content (AvgIpc) is 2.66. The molecule has 1 aliphatic heterocycles. The summed E-state index contributed by atoms with van der Waals surface area (Å²) < 4.78 is 40.0. The van der Waals surface area contributed by atoms with E-state index in [1.165, 1.54) is 16.7 Å². The lowest BCUT2D eigenvalue weighted by Gasteiger charge is -2.35. The van der Waals surface area contributed by atoms with E-state index in [0.29, 0.717) is 26.2 Å². The standard InChI is InChI=1S/C19H22F3N3OS.ClH/c20-19(21,22)17(25-9-7-23-8-10-25)12-24-18(26)13-27-16-6-5-14-3-1-2-4-15(14)11-16;/h1-6,11,17,23H,7-10,12-13H2,(H,24,26);1H. The fraction of sp³-hybridized carbons (Fsp3) is 0.421. The first-order valence-corrected chi connectivity index (χ1v) is 9.82. The van der Waals surface area contributed by atoms with Gasteiger partial charge in [-0.1, -0.05) is 30.3 Å². The van der Waals surface area contributed by atoms with Crippen LogP contribution in [0, 0.1) is 0 Å². The molecule has 2 aromatic carbocycles. The summed E-state index contributed by atoms with van der Waals surface area (Å²) in [7, 11) is 0. The number of nitrogens with zero attached hydrogens (tertiary/aromatic N) is 1. The number of hydrogen-bond donors (Lipinski definition) is 2. The van der Waals surface area contributed by atoms with Gasteiger partial charge in [0.1, 0.15) is 6.04 Å². The van der Waals surface area contributed by atoms with E-state index < -0.39 is 24.7 Å². The Morgan fingerprint density at radius 3 is 2.50 bits per heavy atom. The SMILES string of the molecule is Cl.O=C(CSc1ccc2ccccc2c1)NCC(N1CCNCC1)C(F)(F)F. The molecular weight excluding hydrogens is 411 g/mol. The maximum absolute atomic E-state index is 13.3. The molecule has 0 radical (unpaired) electrons. The number of piperazine rings is 1. The first-order chi connectivity index (χ1) is 12.9. The van der Waals surface area contributed by atoms with E-state index in [2.05, 4.69) is 10.6 Å². The van der Waals surface area contributed by atoms with E-state index >= 15 is 0 Å². The van der Waals surface area contributed by atoms with Gasteiger partial charge < -0.3 is 10.6 Å². The summed E-state index contributed by atoms with van der Waals surface area (Å²) in [6, 6.07) is 12.1. The zero-order valence-electron chi connectivity index (χ0n) is 15.2. The molecule has 1 heterocycles. The monoisotopic (exact) mass is 433 g/mol. The number of rotatable bonds is 6. The highest BCUT2D eigenvalue weighted by atomic mass is 35.5. The maximum Gasteiger partial charge on any atom is 0.405 e. The Hall–Kier alpha value is -1.48. The van der Waals surface area contributed by atoms with Crippen LogP contribution in [0.3, 0.4) is 0 Å². The average molecular weight is 434 g/mol. The lowest BCUT2D eigenvalue weighted by Crippen LogP contribution is -2.57. The van der Waals surface area contributed by atoms with E-state index in [4.69, 9.17) is 0 Å². The zero-order chi connectivity index (χ0) is 19.3. The number of halogens is 4. The Morgan fingerprint density at radius 1 is 1.14 bits per heavy atom. The summed E-state index contributed by atoms with van der Waals surface area (Å²) in [6.45, 7) is 1.29. The van der Waals surface area contributed by atoms with E-state index in [0.717, 1.165) is 15.7 Å². The summed E-state index contributed by atoms with van der Waals surface area (Å²) in [5, 5.41) is 7.66. The minimum atomic E-state index is -4.36. The lowest BCUT2D eigenvalue weighted by atomic mass is 10.1. The molecule has 1 unspecified atom stereocenters. The Balaban J connectivity index is 0.00000280. The molecule has 0 spiro atoms. The molecule has 0 bridgehead atoms. The molecule has 1 aliphatic rings. The van der Waals surface area contributed by atoms with Gasteiger partial charge >= 0.3 is 6.18 Å². The number of fused-ring (bicyclic) bond motifs is 1. The highest BCUT2D eigenvalue weighted by molar-refractivity contribution is 8.00. The predicted octanol–water partition coefficient (Wildman–Crippen LogP) is 3.31. The predicted molar refractivity (Wildman–Crippen MR) is 109 cm³/mol. The number of carbonyl (C=O) groups is 1. The number of nitrogens with one attached hydrogen (secondary N) is 2. The summed E-state index contributed by atoms with van der Waals surface area (Å²) in [4.78, 5) is 14.4. The van der Waals surface area contributed by atoms with Gasteiger partial charge in [-0.15, -0.1) is 24.2 Å². The van der Waals surface area contributed by atoms with Crippen molar-refractivity contribution in [3.05, 3.63) is 42.5 Å². The Bertz CT molecular complexity index is 784. The van der Waals surface area contributed by atoms with Gasteiger partial charge in [0.2, 0.25) is 5.91 Å². The van der Waals surface area contributed by atoms with Gasteiger partial charge in [-0.05, 0) is 22.9 Å². The minimum absolute atomic E-state index is 0. The molecule has 28 heavy (non-hydrogen) atoms. The molecular formula is C19H23ClF3N3OS. The topological polar surface area (TPSA) is 44.4 Å². The van der Waals surface area contributed by atoms with Crippen LogP contribution in [0.4, 0.5) is 13.2 Å². The van der Waals surface area contributed by atoms with E-state index in [1.807, 2.05) is 42.5 Å². The highest BCUT2D eigenvalue weighted by Crippen LogP contribution is 2.25. The Kier molecular flexibility index (Phi) is 8.42. The molecule has 2 aromatic rings. The molecule has 3 rings (SSSR count). The number of hydrogen-bond acceptors (Lipinski definition) is 4. The zero-order valence-corrected chi connectivity index (χ0v) is 16.8. The van der Waals surface area contributed by atoms with Crippen molar-refractivity contribution in [2.45, 2.75) is 17.1 Å². The van der Waals surface area contributed by atoms with Gasteiger partial charge in [0, 0.05) is 37.6 Å². The summed E-state index contributed by atoms with van der Waals surface area (Å²) in [6.07, 6.45) is -4.36. The molecule has 0 saturated carbocycles. The second kappa shape index (κ2) is 10.3. The van der Waals surface area contributed by atoms with E-state index in [-0.39, 0.29) is 18.2 Å². The number of carbonyl (C=O) groups excluding carboxylic acids is 1. The molecule has 1 amide bonds. The Labute approximate surface area is 172 Å². The maximum atomic E-state index is 13.3. The van der Waals surface area contributed by atoms with Crippen LogP contribution < -0.4 is 10.6 Å². The lowest BCUT2D eigenvalue weighted by molar-refractivity contribution is -0.183. The fourth-order valence-electron chi connectivity index (χ4n) is 3.11. The van der Waals surface area contributed by atoms with Crippen LogP contribution in [0.25, 0.3) is 10.8 Å². The second-order valence-electron chi connectivity index (χ2n) is 6.45. The second-order valence-corrected chi connectivity index (χ2v) is 7.49. The first-order valence-electron chi connectivity index (χ1n) is 8.83. The van der Waals surface area contributed by atoms with Crippen LogP contribution in [0.15, 0.2) is 47.4 Å². The van der Waals surface area contributed by atoms with Gasteiger partial charge in [0.15, 0.2) is 0 Å². The van der Waals surface area contributed by atoms with Gasteiger partial charge in [-0.2, -0.15) is 13.2 Å². The smallest absolute Gasteiger partial charge is 0.353 e. The number of alkyl halides is 3. The van der Waals surface area contributed by atoms with E-state index in [9.17, 15) is 18.0 Å². The molecule has 0 aliphatic carbocycles. The number of benzene rings is 2. The van der Waals surface area contributed by atoms with Crippen molar-refractivity contribution in [3.63, 3.8) is 0 Å². The van der Waals surface area contributed by atoms with Crippen LogP contribution in [0.1, 0.15) is 0 Å². The number of amides is 1. The van der Waals surface area contributed by atoms with Crippen molar-refractivity contribution in [3.8, 4) is 0 Å². The van der Waals surface area contributed by atoms with Crippen molar-refractivity contribution in [1.82, 2.24) is 15.5 Å². The molecule has 4 nitrogen and oxygen atoms in total. The van der Waals surface area contributed by atoms with Crippen molar-refractivity contribution >= 4 is 40.8 Å². The third-order valence-corrected chi connectivity index (χ3v) is 5.55. The summed E-state index contributed by atoms with van der Waals surface area (Å²) >= 11 is 1.32. The van der Waals surface area contributed by atoms with Gasteiger partial charge in [-0.25, -0.2) is 0 Å². The van der Waals surface area contributed by atoms with Crippen LogP contribution in [0.2, 0.25) is 0 Å². The van der Waals surface area contributed by atoms with Crippen LogP contribution in [-0.4, -0.2) is 61.5 Å². The highest BCUT2D eigenvalue weighted by Gasteiger charge is 2.43. The van der Waals surface area contributed by atoms with Crippen LogP contribution in [0.5, 0.6) is 0 Å². The van der Waals surface area contributed by atoms with Gasteiger partial charge in [0.05, 0.1) is 5.75 Å². The van der Waals surface area contributed by atoms with Gasteiger partial charge in [-0.3, -0.25) is 9.69 Å². The van der Waals surface area contributed by atoms with Crippen molar-refractivity contribution in [1.29, 1.82) is 0 Å². The largest absolute Gasteiger partial charge is 0.405 e. The molecule has 0 aromatic heterocycles. The first kappa shape index (κ1) is 22.8. The molecule has 1 fully saturated rings. The number of thioether (sulfide) groups is 1. The summed E-state index contributed by atoms with van der Waals surface area (Å²) in [5.74, 6) is -0.303. The fourth-order valence-corrected chi connectivity index (χ4v) is 3.89. The third kappa shape index (κ3) is 6.27. The van der Waals surface area contributed by atoms with Crippen LogP contribution in [-0.2, 0) is 4.79 Å². The normalized spacial score (nSPS) is 16.4. The molecule has 1 atom stereocenters. The van der Waals surface area contributed by atoms with Crippen molar-refractivity contribution in [2.75, 3.05) is 38.5 Å².